The van der Waals surface area contributed by atoms with Gasteiger partial charge in [-0.2, -0.15) is 0 Å². The molecule has 1 aromatic heterocycles. The lowest BCUT2D eigenvalue weighted by Crippen LogP contribution is -2.01. The fraction of sp³-hybridized carbons (Fsp3) is 0.235. The summed E-state index contributed by atoms with van der Waals surface area (Å²) in [6.45, 7) is 3.58. The van der Waals surface area contributed by atoms with Crippen molar-refractivity contribution in [1.82, 2.24) is 4.98 Å². The van der Waals surface area contributed by atoms with Gasteiger partial charge < -0.3 is 9.84 Å². The number of rotatable bonds is 3. The van der Waals surface area contributed by atoms with Crippen molar-refractivity contribution < 1.29 is 9.84 Å². The normalized spacial score (nSPS) is 11.8. The van der Waals surface area contributed by atoms with Crippen LogP contribution in [0.25, 0.3) is 11.1 Å². The molecule has 0 spiro atoms. The number of terminal acetylenes is 1. The molecule has 1 heterocycles. The van der Waals surface area contributed by atoms with E-state index >= 15 is 0 Å². The Labute approximate surface area is 129 Å². The van der Waals surface area contributed by atoms with Crippen LogP contribution in [-0.4, -0.2) is 17.2 Å². The number of hydrogen-bond donors (Lipinski definition) is 1. The molecule has 4 heteroatoms. The number of nitrogens with zero attached hydrogens (tertiary/aromatic N) is 1. The van der Waals surface area contributed by atoms with E-state index in [9.17, 15) is 5.11 Å². The zero-order chi connectivity index (χ0) is 15.6. The first kappa shape index (κ1) is 15.4. The first-order chi connectivity index (χ1) is 9.99. The third-order valence-corrected chi connectivity index (χ3v) is 3.75. The van der Waals surface area contributed by atoms with Gasteiger partial charge in [0.15, 0.2) is 0 Å². The van der Waals surface area contributed by atoms with Crippen LogP contribution in [0.4, 0.5) is 0 Å². The molecule has 0 aliphatic carbocycles. The number of benzene rings is 1. The molecule has 0 bridgehead atoms. The Morgan fingerprint density at radius 1 is 1.43 bits per heavy atom. The number of aliphatic hydroxyl groups excluding tert-OH is 1. The summed E-state index contributed by atoms with van der Waals surface area (Å²) >= 11 is 6.28. The molecular formula is C17H16ClNO2. The molecule has 3 nitrogen and oxygen atoms in total. The monoisotopic (exact) mass is 301 g/mol. The summed E-state index contributed by atoms with van der Waals surface area (Å²) in [5.41, 5.74) is 3.73. The van der Waals surface area contributed by atoms with Crippen LogP contribution in [0.5, 0.6) is 5.75 Å². The number of aromatic nitrogens is 1. The molecule has 0 saturated carbocycles. The summed E-state index contributed by atoms with van der Waals surface area (Å²) in [5, 5.41) is 10.5. The van der Waals surface area contributed by atoms with Crippen molar-refractivity contribution in [1.29, 1.82) is 0 Å². The maximum Gasteiger partial charge on any atom is 0.132 e. The summed E-state index contributed by atoms with van der Waals surface area (Å²) < 4.78 is 5.50. The molecular weight excluding hydrogens is 286 g/mol. The van der Waals surface area contributed by atoms with Crippen LogP contribution >= 0.6 is 11.6 Å². The highest BCUT2D eigenvalue weighted by atomic mass is 35.5. The Balaban J connectivity index is 2.73. The summed E-state index contributed by atoms with van der Waals surface area (Å²) in [7, 11) is 1.57. The predicted octanol–water partition coefficient (Wildman–Crippen LogP) is 3.75. The Bertz CT molecular complexity index is 700. The molecule has 108 valence electrons. The maximum atomic E-state index is 9.92. The van der Waals surface area contributed by atoms with Crippen LogP contribution in [0.1, 0.15) is 29.8 Å². The van der Waals surface area contributed by atoms with Crippen molar-refractivity contribution >= 4 is 11.6 Å². The van der Waals surface area contributed by atoms with Gasteiger partial charge in [0.1, 0.15) is 11.4 Å². The number of methoxy groups -OCH3 is 1. The van der Waals surface area contributed by atoms with Gasteiger partial charge in [-0.3, -0.25) is 0 Å². The average molecular weight is 302 g/mol. The first-order valence-corrected chi connectivity index (χ1v) is 6.85. The lowest BCUT2D eigenvalue weighted by Gasteiger charge is -2.19. The number of pyridine rings is 1. The van der Waals surface area contributed by atoms with Crippen LogP contribution in [0.15, 0.2) is 24.4 Å². The summed E-state index contributed by atoms with van der Waals surface area (Å²) in [5.74, 6) is 3.08. The van der Waals surface area contributed by atoms with Gasteiger partial charge in [0.2, 0.25) is 0 Å². The van der Waals surface area contributed by atoms with Gasteiger partial charge in [-0.1, -0.05) is 17.5 Å². The Kier molecular flexibility index (Phi) is 4.52. The fourth-order valence-electron chi connectivity index (χ4n) is 2.25. The lowest BCUT2D eigenvalue weighted by atomic mass is 9.95. The third kappa shape index (κ3) is 2.87. The molecule has 1 atom stereocenters. The molecule has 1 aromatic carbocycles. The molecule has 0 aliphatic rings. The van der Waals surface area contributed by atoms with Crippen molar-refractivity contribution in [2.75, 3.05) is 7.11 Å². The van der Waals surface area contributed by atoms with Gasteiger partial charge in [0.05, 0.1) is 13.2 Å². The second-order valence-corrected chi connectivity index (χ2v) is 5.14. The molecule has 0 amide bonds. The van der Waals surface area contributed by atoms with Crippen LogP contribution in [0.3, 0.4) is 0 Å². The van der Waals surface area contributed by atoms with Crippen LogP contribution in [0.2, 0.25) is 5.02 Å². The van der Waals surface area contributed by atoms with Gasteiger partial charge in [0.25, 0.3) is 0 Å². The fourth-order valence-corrected chi connectivity index (χ4v) is 2.46. The Morgan fingerprint density at radius 3 is 2.62 bits per heavy atom. The predicted molar refractivity (Wildman–Crippen MR) is 84.5 cm³/mol. The van der Waals surface area contributed by atoms with Crippen molar-refractivity contribution in [3.63, 3.8) is 0 Å². The van der Waals surface area contributed by atoms with Gasteiger partial charge in [-0.15, -0.1) is 6.42 Å². The molecule has 21 heavy (non-hydrogen) atoms. The summed E-state index contributed by atoms with van der Waals surface area (Å²) in [6, 6.07) is 5.36. The zero-order valence-corrected chi connectivity index (χ0v) is 12.9. The van der Waals surface area contributed by atoms with E-state index in [2.05, 4.69) is 10.9 Å². The molecule has 0 aliphatic heterocycles. The highest BCUT2D eigenvalue weighted by molar-refractivity contribution is 6.32. The molecule has 0 saturated heterocycles. The standard InChI is InChI=1S/C17H16ClNO2/c1-5-13-7-6-12(9-19-13)16-10(2)15(18)8-14(11(3)20)17(16)21-4/h1,6-9,11,20H,2-4H3. The summed E-state index contributed by atoms with van der Waals surface area (Å²) in [4.78, 5) is 4.20. The second kappa shape index (κ2) is 6.17. The van der Waals surface area contributed by atoms with Gasteiger partial charge in [0, 0.05) is 27.9 Å². The number of hydrogen-bond acceptors (Lipinski definition) is 3. The number of aliphatic hydroxyl groups is 1. The second-order valence-electron chi connectivity index (χ2n) is 4.73. The van der Waals surface area contributed by atoms with Crippen molar-refractivity contribution in [3.8, 4) is 29.2 Å². The molecule has 0 radical (unpaired) electrons. The molecule has 0 fully saturated rings. The van der Waals surface area contributed by atoms with Crippen LogP contribution < -0.4 is 4.74 Å². The largest absolute Gasteiger partial charge is 0.496 e. The van der Waals surface area contributed by atoms with Crippen molar-refractivity contribution in [2.45, 2.75) is 20.0 Å². The van der Waals surface area contributed by atoms with Crippen LogP contribution in [-0.2, 0) is 0 Å². The van der Waals surface area contributed by atoms with Gasteiger partial charge in [-0.25, -0.2) is 4.98 Å². The number of ether oxygens (including phenoxy) is 1. The van der Waals surface area contributed by atoms with E-state index < -0.39 is 6.10 Å². The average Bonchev–Trinajstić information content (AvgIpc) is 2.49. The topological polar surface area (TPSA) is 42.4 Å². The summed E-state index contributed by atoms with van der Waals surface area (Å²) in [6.07, 6.45) is 6.32. The number of halogens is 1. The van der Waals surface area contributed by atoms with Crippen LogP contribution in [0, 0.1) is 19.3 Å². The van der Waals surface area contributed by atoms with E-state index in [0.29, 0.717) is 22.0 Å². The third-order valence-electron chi connectivity index (χ3n) is 3.36. The van der Waals surface area contributed by atoms with E-state index in [-0.39, 0.29) is 0 Å². The minimum atomic E-state index is -0.685. The van der Waals surface area contributed by atoms with Gasteiger partial charge >= 0.3 is 0 Å². The zero-order valence-electron chi connectivity index (χ0n) is 12.1. The maximum absolute atomic E-state index is 9.92. The van der Waals surface area contributed by atoms with E-state index in [1.165, 1.54) is 0 Å². The quantitative estimate of drug-likeness (QED) is 0.878. The highest BCUT2D eigenvalue weighted by Gasteiger charge is 2.19. The Hall–Kier alpha value is -2.02. The van der Waals surface area contributed by atoms with Crippen molar-refractivity contribution in [3.05, 3.63) is 46.2 Å². The molecule has 1 unspecified atom stereocenters. The first-order valence-electron chi connectivity index (χ1n) is 6.47. The SMILES string of the molecule is C#Cc1ccc(-c2c(C)c(Cl)cc(C(C)O)c2OC)cn1. The molecule has 2 aromatic rings. The Morgan fingerprint density at radius 2 is 2.14 bits per heavy atom. The van der Waals surface area contributed by atoms with E-state index in [4.69, 9.17) is 22.8 Å². The minimum absolute atomic E-state index is 0.563. The van der Waals surface area contributed by atoms with E-state index in [1.807, 2.05) is 13.0 Å². The molecule has 1 N–H and O–H groups in total. The van der Waals surface area contributed by atoms with Gasteiger partial charge in [-0.05, 0) is 37.6 Å². The highest BCUT2D eigenvalue weighted by Crippen LogP contribution is 2.41. The van der Waals surface area contributed by atoms with E-state index in [0.717, 1.165) is 16.7 Å². The minimum Gasteiger partial charge on any atom is -0.496 e. The van der Waals surface area contributed by atoms with E-state index in [1.54, 1.807) is 32.4 Å². The van der Waals surface area contributed by atoms with Crippen molar-refractivity contribution in [2.24, 2.45) is 0 Å². The lowest BCUT2D eigenvalue weighted by molar-refractivity contribution is 0.194. The smallest absolute Gasteiger partial charge is 0.132 e. The molecule has 2 rings (SSSR count).